The molecule has 0 aliphatic carbocycles. The molecule has 1 fully saturated rings. The summed E-state index contributed by atoms with van der Waals surface area (Å²) in [5.74, 6) is -0.906. The van der Waals surface area contributed by atoms with Crippen molar-refractivity contribution in [3.05, 3.63) is 71.0 Å². The third kappa shape index (κ3) is 4.31. The van der Waals surface area contributed by atoms with Gasteiger partial charge in [0.1, 0.15) is 0 Å². The molecule has 154 valence electrons. The first-order chi connectivity index (χ1) is 14.5. The van der Waals surface area contributed by atoms with Crippen LogP contribution in [0.25, 0.3) is 5.69 Å². The number of aromatic nitrogens is 2. The number of nitrogens with zero attached hydrogens (tertiary/aromatic N) is 3. The van der Waals surface area contributed by atoms with E-state index < -0.39 is 5.91 Å². The molecule has 3 aromatic rings. The molecule has 0 atom stereocenters. The van der Waals surface area contributed by atoms with E-state index in [1.807, 2.05) is 18.2 Å². The normalized spacial score (nSPS) is 13.8. The summed E-state index contributed by atoms with van der Waals surface area (Å²) in [7, 11) is 0. The number of nitrogens with one attached hydrogen (secondary N) is 1. The summed E-state index contributed by atoms with van der Waals surface area (Å²) < 4.78 is 1.59. The summed E-state index contributed by atoms with van der Waals surface area (Å²) in [4.78, 5) is 26.8. The highest BCUT2D eigenvalue weighted by Crippen LogP contribution is 2.30. The van der Waals surface area contributed by atoms with Crippen molar-refractivity contribution in [3.8, 4) is 5.69 Å². The van der Waals surface area contributed by atoms with E-state index in [2.05, 4.69) is 15.3 Å². The highest BCUT2D eigenvalue weighted by Gasteiger charge is 2.19. The van der Waals surface area contributed by atoms with Gasteiger partial charge >= 0.3 is 0 Å². The van der Waals surface area contributed by atoms with E-state index in [4.69, 9.17) is 17.3 Å². The number of amides is 2. The van der Waals surface area contributed by atoms with E-state index in [1.54, 1.807) is 41.2 Å². The van der Waals surface area contributed by atoms with Crippen LogP contribution in [0.5, 0.6) is 0 Å². The van der Waals surface area contributed by atoms with Gasteiger partial charge in [-0.25, -0.2) is 4.68 Å². The monoisotopic (exact) mass is 423 g/mol. The molecule has 0 bridgehead atoms. The van der Waals surface area contributed by atoms with Crippen LogP contribution < -0.4 is 16.0 Å². The van der Waals surface area contributed by atoms with Gasteiger partial charge in [-0.3, -0.25) is 9.59 Å². The lowest BCUT2D eigenvalue weighted by molar-refractivity contribution is 0.0995. The first-order valence-electron chi connectivity index (χ1n) is 9.83. The van der Waals surface area contributed by atoms with E-state index in [0.29, 0.717) is 16.3 Å². The molecule has 1 aliphatic heterocycles. The number of hydrogen-bond donors (Lipinski definition) is 2. The maximum Gasteiger partial charge on any atom is 0.276 e. The van der Waals surface area contributed by atoms with Crippen molar-refractivity contribution in [2.24, 2.45) is 5.73 Å². The Morgan fingerprint density at radius 3 is 2.57 bits per heavy atom. The van der Waals surface area contributed by atoms with Crippen molar-refractivity contribution in [1.82, 2.24) is 9.78 Å². The average Bonchev–Trinajstić information content (AvgIpc) is 3.25. The van der Waals surface area contributed by atoms with E-state index in [0.717, 1.165) is 37.3 Å². The Morgan fingerprint density at radius 2 is 1.83 bits per heavy atom. The zero-order valence-corrected chi connectivity index (χ0v) is 17.1. The van der Waals surface area contributed by atoms with Gasteiger partial charge in [0.15, 0.2) is 5.69 Å². The van der Waals surface area contributed by atoms with Crippen molar-refractivity contribution in [2.75, 3.05) is 23.3 Å². The molecule has 8 heteroatoms. The Balaban J connectivity index is 1.60. The molecule has 1 aromatic heterocycles. The summed E-state index contributed by atoms with van der Waals surface area (Å²) in [5, 5.41) is 7.85. The van der Waals surface area contributed by atoms with Crippen LogP contribution in [0.4, 0.5) is 11.4 Å². The number of rotatable bonds is 5. The molecule has 0 radical (unpaired) electrons. The van der Waals surface area contributed by atoms with Crippen molar-refractivity contribution >= 4 is 34.8 Å². The van der Waals surface area contributed by atoms with Crippen molar-refractivity contribution < 1.29 is 9.59 Å². The van der Waals surface area contributed by atoms with Gasteiger partial charge in [0.25, 0.3) is 5.91 Å². The predicted molar refractivity (Wildman–Crippen MR) is 118 cm³/mol. The van der Waals surface area contributed by atoms with Crippen molar-refractivity contribution in [1.29, 1.82) is 0 Å². The molecule has 0 saturated carbocycles. The van der Waals surface area contributed by atoms with Crippen LogP contribution in [0.1, 0.15) is 40.1 Å². The highest BCUT2D eigenvalue weighted by molar-refractivity contribution is 6.30. The van der Waals surface area contributed by atoms with Gasteiger partial charge in [0, 0.05) is 29.9 Å². The minimum Gasteiger partial charge on any atom is -0.370 e. The van der Waals surface area contributed by atoms with Gasteiger partial charge in [0.05, 0.1) is 17.1 Å². The Bertz CT molecular complexity index is 1090. The molecule has 0 unspecified atom stereocenters. The average molecular weight is 424 g/mol. The summed E-state index contributed by atoms with van der Waals surface area (Å²) >= 11 is 6.04. The van der Waals surface area contributed by atoms with Gasteiger partial charge in [-0.15, -0.1) is 0 Å². The van der Waals surface area contributed by atoms with Gasteiger partial charge in [-0.2, -0.15) is 5.10 Å². The molecule has 7 nitrogen and oxygen atoms in total. The van der Waals surface area contributed by atoms with E-state index in [1.165, 1.54) is 6.42 Å². The topological polar surface area (TPSA) is 93.3 Å². The first kappa shape index (κ1) is 20.0. The van der Waals surface area contributed by atoms with Gasteiger partial charge in [0.2, 0.25) is 5.91 Å². The molecule has 1 aliphatic rings. The van der Waals surface area contributed by atoms with Crippen LogP contribution in [-0.4, -0.2) is 34.7 Å². The summed E-state index contributed by atoms with van der Waals surface area (Å²) in [6.45, 7) is 1.81. The van der Waals surface area contributed by atoms with Crippen LogP contribution >= 0.6 is 11.6 Å². The predicted octanol–water partition coefficient (Wildman–Crippen LogP) is 3.87. The molecule has 30 heavy (non-hydrogen) atoms. The fourth-order valence-corrected chi connectivity index (χ4v) is 3.78. The molecule has 0 spiro atoms. The summed E-state index contributed by atoms with van der Waals surface area (Å²) in [6, 6.07) is 14.0. The Morgan fingerprint density at radius 1 is 1.03 bits per heavy atom. The third-order valence-electron chi connectivity index (χ3n) is 5.12. The smallest absolute Gasteiger partial charge is 0.276 e. The number of carbonyl (C=O) groups excluding carboxylic acids is 2. The number of halogens is 1. The van der Waals surface area contributed by atoms with Gasteiger partial charge in [-0.1, -0.05) is 17.7 Å². The number of nitrogens with two attached hydrogens (primary N) is 1. The SMILES string of the molecule is NC(=O)c1ccc(N2CCCCC2)c(NC(=O)c2ccn(-c3cccc(Cl)c3)n2)c1. The lowest BCUT2D eigenvalue weighted by Crippen LogP contribution is -2.30. The van der Waals surface area contributed by atoms with Crippen molar-refractivity contribution in [2.45, 2.75) is 19.3 Å². The minimum absolute atomic E-state index is 0.254. The molecular weight excluding hydrogens is 402 g/mol. The van der Waals surface area contributed by atoms with E-state index >= 15 is 0 Å². The Kier molecular flexibility index (Phi) is 5.72. The fraction of sp³-hybridized carbons (Fsp3) is 0.227. The van der Waals surface area contributed by atoms with Gasteiger partial charge < -0.3 is 16.0 Å². The molecule has 1 saturated heterocycles. The quantitative estimate of drug-likeness (QED) is 0.651. The number of primary amides is 1. The molecule has 3 N–H and O–H groups in total. The molecule has 4 rings (SSSR count). The fourth-order valence-electron chi connectivity index (χ4n) is 3.59. The summed E-state index contributed by atoms with van der Waals surface area (Å²) in [5.41, 5.74) is 8.22. The van der Waals surface area contributed by atoms with Crippen LogP contribution in [0, 0.1) is 0 Å². The number of carbonyl (C=O) groups is 2. The number of piperidine rings is 1. The number of hydrogen-bond acceptors (Lipinski definition) is 4. The first-order valence-corrected chi connectivity index (χ1v) is 10.2. The minimum atomic E-state index is -0.541. The highest BCUT2D eigenvalue weighted by atomic mass is 35.5. The van der Waals surface area contributed by atoms with Crippen LogP contribution in [0.2, 0.25) is 5.02 Å². The molecule has 2 heterocycles. The Labute approximate surface area is 179 Å². The summed E-state index contributed by atoms with van der Waals surface area (Å²) in [6.07, 6.45) is 5.08. The maximum absolute atomic E-state index is 12.9. The zero-order valence-electron chi connectivity index (χ0n) is 16.3. The zero-order chi connectivity index (χ0) is 21.1. The number of benzene rings is 2. The van der Waals surface area contributed by atoms with Gasteiger partial charge in [-0.05, 0) is 61.7 Å². The lowest BCUT2D eigenvalue weighted by atomic mass is 10.1. The molecule has 2 amide bonds. The molecular formula is C22H22ClN5O2. The second-order valence-electron chi connectivity index (χ2n) is 7.22. The second-order valence-corrected chi connectivity index (χ2v) is 7.66. The van der Waals surface area contributed by atoms with Crippen molar-refractivity contribution in [3.63, 3.8) is 0 Å². The van der Waals surface area contributed by atoms with Crippen LogP contribution in [0.3, 0.4) is 0 Å². The van der Waals surface area contributed by atoms with Crippen LogP contribution in [0.15, 0.2) is 54.7 Å². The lowest BCUT2D eigenvalue weighted by Gasteiger charge is -2.30. The van der Waals surface area contributed by atoms with Crippen LogP contribution in [-0.2, 0) is 0 Å². The third-order valence-corrected chi connectivity index (χ3v) is 5.36. The Hall–Kier alpha value is -3.32. The number of anilines is 2. The largest absolute Gasteiger partial charge is 0.370 e. The van der Waals surface area contributed by atoms with E-state index in [9.17, 15) is 9.59 Å². The molecule has 2 aromatic carbocycles. The van der Waals surface area contributed by atoms with E-state index in [-0.39, 0.29) is 11.6 Å². The second kappa shape index (κ2) is 8.59. The maximum atomic E-state index is 12.9. The standard InChI is InChI=1S/C22H22ClN5O2/c23-16-5-4-6-17(14-16)28-12-9-18(26-28)22(30)25-19-13-15(21(24)29)7-8-20(19)27-10-2-1-3-11-27/h4-9,12-14H,1-3,10-11H2,(H2,24,29)(H,25,30).